The molecular weight excluding hydrogens is 283 g/mol. The van der Waals surface area contributed by atoms with Gasteiger partial charge in [0, 0.05) is 16.8 Å². The zero-order chi connectivity index (χ0) is 16.3. The average molecular weight is 298 g/mol. The fourth-order valence-corrected chi connectivity index (χ4v) is 2.21. The first-order valence-corrected chi connectivity index (χ1v) is 6.75. The summed E-state index contributed by atoms with van der Waals surface area (Å²) in [6, 6.07) is 8.15. The molecule has 0 saturated carbocycles. The molecule has 2 rings (SSSR count). The molecule has 0 unspecified atom stereocenters. The van der Waals surface area contributed by atoms with Gasteiger partial charge in [-0.2, -0.15) is 5.26 Å². The molecule has 0 amide bonds. The van der Waals surface area contributed by atoms with Crippen LogP contribution >= 0.6 is 0 Å². The summed E-state index contributed by atoms with van der Waals surface area (Å²) in [4.78, 5) is 14.5. The molecule has 2 aromatic rings. The molecule has 6 nitrogen and oxygen atoms in total. The molecule has 112 valence electrons. The molecule has 1 aromatic heterocycles. The molecule has 1 heterocycles. The summed E-state index contributed by atoms with van der Waals surface area (Å²) in [5.74, 6) is 0.466. The van der Waals surface area contributed by atoms with Crippen molar-refractivity contribution < 1.29 is 14.8 Å². The van der Waals surface area contributed by atoms with E-state index in [0.29, 0.717) is 29.2 Å². The van der Waals surface area contributed by atoms with Gasteiger partial charge in [0.25, 0.3) is 5.56 Å². The van der Waals surface area contributed by atoms with Crippen molar-refractivity contribution in [1.29, 1.82) is 5.26 Å². The Morgan fingerprint density at radius 2 is 2.05 bits per heavy atom. The lowest BCUT2D eigenvalue weighted by molar-refractivity contribution is 0.341. The van der Waals surface area contributed by atoms with Crippen LogP contribution in [0.25, 0.3) is 11.1 Å². The van der Waals surface area contributed by atoms with E-state index in [-0.39, 0.29) is 11.0 Å². The number of H-pyrrole nitrogens is 1. The highest BCUT2D eigenvalue weighted by molar-refractivity contribution is 6.58. The summed E-state index contributed by atoms with van der Waals surface area (Å²) in [6.07, 6.45) is 0. The Bertz CT molecular complexity index is 793. The molecule has 0 saturated heterocycles. The number of nitrogens with zero attached hydrogens (tertiary/aromatic N) is 1. The van der Waals surface area contributed by atoms with Gasteiger partial charge in [-0.1, -0.05) is 12.1 Å². The maximum absolute atomic E-state index is 11.9. The molecule has 0 radical (unpaired) electrons. The summed E-state index contributed by atoms with van der Waals surface area (Å²) < 4.78 is 5.52. The van der Waals surface area contributed by atoms with Gasteiger partial charge in [0.15, 0.2) is 0 Å². The van der Waals surface area contributed by atoms with Crippen molar-refractivity contribution in [3.05, 3.63) is 45.9 Å². The van der Waals surface area contributed by atoms with Crippen LogP contribution in [-0.4, -0.2) is 28.8 Å². The predicted molar refractivity (Wildman–Crippen MR) is 82.9 cm³/mol. The van der Waals surface area contributed by atoms with Gasteiger partial charge in [0.2, 0.25) is 0 Å². The minimum atomic E-state index is -1.65. The number of hydrogen-bond acceptors (Lipinski definition) is 5. The molecule has 7 heteroatoms. The maximum Gasteiger partial charge on any atom is 0.488 e. The van der Waals surface area contributed by atoms with Crippen molar-refractivity contribution >= 4 is 12.6 Å². The Morgan fingerprint density at radius 1 is 1.32 bits per heavy atom. The van der Waals surface area contributed by atoms with Gasteiger partial charge >= 0.3 is 7.12 Å². The Kier molecular flexibility index (Phi) is 4.66. The Labute approximate surface area is 127 Å². The zero-order valence-corrected chi connectivity index (χ0v) is 12.3. The molecule has 0 spiro atoms. The van der Waals surface area contributed by atoms with Gasteiger partial charge < -0.3 is 19.8 Å². The molecule has 3 N–H and O–H groups in total. The molecule has 0 aliphatic heterocycles. The largest absolute Gasteiger partial charge is 0.493 e. The van der Waals surface area contributed by atoms with E-state index >= 15 is 0 Å². The number of rotatable bonds is 4. The van der Waals surface area contributed by atoms with Crippen molar-refractivity contribution in [2.24, 2.45) is 0 Å². The molecular formula is C15H15BN2O4. The zero-order valence-electron chi connectivity index (χ0n) is 12.3. The normalized spacial score (nSPS) is 10.1. The smallest absolute Gasteiger partial charge is 0.488 e. The maximum atomic E-state index is 11.9. The lowest BCUT2D eigenvalue weighted by Crippen LogP contribution is -2.29. The number of benzene rings is 1. The second-order valence-electron chi connectivity index (χ2n) is 4.74. The molecule has 0 fully saturated rings. The third-order valence-corrected chi connectivity index (χ3v) is 3.17. The number of hydrogen-bond donors (Lipinski definition) is 3. The van der Waals surface area contributed by atoms with E-state index in [9.17, 15) is 20.1 Å². The fraction of sp³-hybridized carbons (Fsp3) is 0.200. The fourth-order valence-electron chi connectivity index (χ4n) is 2.21. The van der Waals surface area contributed by atoms with Gasteiger partial charge in [-0.05, 0) is 31.4 Å². The second kappa shape index (κ2) is 6.47. The van der Waals surface area contributed by atoms with Crippen LogP contribution in [0, 0.1) is 18.3 Å². The standard InChI is InChI=1S/C15H15BN2O4/c1-3-22-14-5-4-10(16(20)21)7-12(14)11-6-9(2)18-15(19)13(11)8-17/h4-7,20-21H,3H2,1-2H3,(H,18,19). The number of pyridine rings is 1. The first-order chi connectivity index (χ1) is 10.5. The Balaban J connectivity index is 2.77. The van der Waals surface area contributed by atoms with Crippen LogP contribution in [-0.2, 0) is 0 Å². The number of aromatic nitrogens is 1. The van der Waals surface area contributed by atoms with Crippen molar-refractivity contribution in [1.82, 2.24) is 4.98 Å². The molecule has 0 atom stereocenters. The van der Waals surface area contributed by atoms with Crippen molar-refractivity contribution in [2.75, 3.05) is 6.61 Å². The summed E-state index contributed by atoms with van der Waals surface area (Å²) in [6.45, 7) is 3.92. The molecule has 0 aliphatic rings. The third kappa shape index (κ3) is 3.03. The number of nitriles is 1. The van der Waals surface area contributed by atoms with E-state index in [1.54, 1.807) is 19.1 Å². The minimum absolute atomic E-state index is 0.0452. The Morgan fingerprint density at radius 3 is 2.64 bits per heavy atom. The highest BCUT2D eigenvalue weighted by Crippen LogP contribution is 2.30. The summed E-state index contributed by atoms with van der Waals surface area (Å²) >= 11 is 0. The van der Waals surface area contributed by atoms with Crippen LogP contribution in [0.3, 0.4) is 0 Å². The Hall–Kier alpha value is -2.56. The van der Waals surface area contributed by atoms with E-state index < -0.39 is 12.7 Å². The SMILES string of the molecule is CCOc1ccc(B(O)O)cc1-c1cc(C)[nH]c(=O)c1C#N. The van der Waals surface area contributed by atoms with Crippen LogP contribution in [0.2, 0.25) is 0 Å². The number of aryl methyl sites for hydroxylation is 1. The highest BCUT2D eigenvalue weighted by atomic mass is 16.5. The van der Waals surface area contributed by atoms with Crippen molar-refractivity contribution in [3.8, 4) is 22.9 Å². The van der Waals surface area contributed by atoms with E-state index in [2.05, 4.69) is 4.98 Å². The van der Waals surface area contributed by atoms with E-state index in [1.165, 1.54) is 12.1 Å². The van der Waals surface area contributed by atoms with Gasteiger partial charge in [-0.15, -0.1) is 0 Å². The summed E-state index contributed by atoms with van der Waals surface area (Å²) in [5.41, 5.74) is 1.18. The number of ether oxygens (including phenoxy) is 1. The molecule has 0 aliphatic carbocycles. The lowest BCUT2D eigenvalue weighted by Gasteiger charge is -2.13. The van der Waals surface area contributed by atoms with Crippen LogP contribution < -0.4 is 15.8 Å². The predicted octanol–water partition coefficient (Wildman–Crippen LogP) is 0.301. The van der Waals surface area contributed by atoms with Crippen LogP contribution in [0.5, 0.6) is 5.75 Å². The van der Waals surface area contributed by atoms with Crippen LogP contribution in [0.1, 0.15) is 18.2 Å². The topological polar surface area (TPSA) is 106 Å². The third-order valence-electron chi connectivity index (χ3n) is 3.17. The molecule has 22 heavy (non-hydrogen) atoms. The minimum Gasteiger partial charge on any atom is -0.493 e. The van der Waals surface area contributed by atoms with Crippen LogP contribution in [0.4, 0.5) is 0 Å². The monoisotopic (exact) mass is 298 g/mol. The van der Waals surface area contributed by atoms with Gasteiger partial charge in [-0.3, -0.25) is 4.79 Å². The summed E-state index contributed by atoms with van der Waals surface area (Å²) in [5, 5.41) is 27.9. The van der Waals surface area contributed by atoms with Gasteiger partial charge in [0.1, 0.15) is 17.4 Å². The van der Waals surface area contributed by atoms with E-state index in [0.717, 1.165) is 0 Å². The van der Waals surface area contributed by atoms with E-state index in [4.69, 9.17) is 4.74 Å². The molecule has 1 aromatic carbocycles. The van der Waals surface area contributed by atoms with Crippen LogP contribution in [0.15, 0.2) is 29.1 Å². The first-order valence-electron chi connectivity index (χ1n) is 6.75. The average Bonchev–Trinajstić information content (AvgIpc) is 2.47. The summed E-state index contributed by atoms with van der Waals surface area (Å²) in [7, 11) is -1.65. The second-order valence-corrected chi connectivity index (χ2v) is 4.74. The van der Waals surface area contributed by atoms with Crippen molar-refractivity contribution in [2.45, 2.75) is 13.8 Å². The van der Waals surface area contributed by atoms with Gasteiger partial charge in [0.05, 0.1) is 6.61 Å². The van der Waals surface area contributed by atoms with E-state index in [1.807, 2.05) is 13.0 Å². The van der Waals surface area contributed by atoms with Gasteiger partial charge in [-0.25, -0.2) is 0 Å². The first kappa shape index (κ1) is 15.8. The lowest BCUT2D eigenvalue weighted by atomic mass is 9.78. The highest BCUT2D eigenvalue weighted by Gasteiger charge is 2.18. The number of aromatic amines is 1. The van der Waals surface area contributed by atoms with Crippen molar-refractivity contribution in [3.63, 3.8) is 0 Å². The molecule has 0 bridgehead atoms. The number of nitrogens with one attached hydrogen (secondary N) is 1. The quantitative estimate of drug-likeness (QED) is 0.704.